The number of carbonyl (C=O) groups excluding carboxylic acids is 1. The summed E-state index contributed by atoms with van der Waals surface area (Å²) in [5.41, 5.74) is 1.44. The first-order valence-corrected chi connectivity index (χ1v) is 11.0. The van der Waals surface area contributed by atoms with Gasteiger partial charge in [0.25, 0.3) is 0 Å². The van der Waals surface area contributed by atoms with Gasteiger partial charge in [0.05, 0.1) is 5.25 Å². The summed E-state index contributed by atoms with van der Waals surface area (Å²) in [5, 5.41) is 2.13. The number of hydrogen-bond donors (Lipinski definition) is 0. The van der Waals surface area contributed by atoms with Crippen molar-refractivity contribution in [3.8, 4) is 0 Å². The van der Waals surface area contributed by atoms with E-state index in [1.807, 2.05) is 23.2 Å². The molecule has 2 aliphatic rings. The predicted molar refractivity (Wildman–Crippen MR) is 104 cm³/mol. The molecular formula is C19H25N3OS2. The molecule has 2 aromatic rings. The van der Waals surface area contributed by atoms with Crippen LogP contribution in [-0.4, -0.2) is 39.1 Å². The summed E-state index contributed by atoms with van der Waals surface area (Å²) in [4.78, 5) is 26.4. The summed E-state index contributed by atoms with van der Waals surface area (Å²) >= 11 is 3.44. The van der Waals surface area contributed by atoms with Gasteiger partial charge in [-0.05, 0) is 56.9 Å². The van der Waals surface area contributed by atoms with E-state index in [-0.39, 0.29) is 11.2 Å². The van der Waals surface area contributed by atoms with E-state index in [0.29, 0.717) is 0 Å². The molecule has 4 rings (SSSR count). The lowest BCUT2D eigenvalue weighted by Gasteiger charge is -2.29. The van der Waals surface area contributed by atoms with Gasteiger partial charge in [-0.15, -0.1) is 11.3 Å². The lowest BCUT2D eigenvalue weighted by atomic mass is 9.89. The van der Waals surface area contributed by atoms with E-state index in [4.69, 9.17) is 0 Å². The van der Waals surface area contributed by atoms with E-state index in [2.05, 4.69) is 16.9 Å². The highest BCUT2D eigenvalue weighted by Crippen LogP contribution is 2.41. The number of amides is 1. The molecule has 2 aromatic heterocycles. The van der Waals surface area contributed by atoms with Crippen molar-refractivity contribution in [1.82, 2.24) is 14.9 Å². The molecule has 0 bridgehead atoms. The Labute approximate surface area is 157 Å². The SMILES string of the molecule is C[C@@H]1CCc2c(sc3ncnc(S[C@@H](C)C(=O)N4CCCCC4)c23)C1. The van der Waals surface area contributed by atoms with Crippen molar-refractivity contribution in [1.29, 1.82) is 0 Å². The lowest BCUT2D eigenvalue weighted by Crippen LogP contribution is -2.40. The fourth-order valence-electron chi connectivity index (χ4n) is 3.92. The number of likely N-dealkylation sites (tertiary alicyclic amines) is 1. The van der Waals surface area contributed by atoms with Crippen LogP contribution in [0, 0.1) is 5.92 Å². The van der Waals surface area contributed by atoms with Gasteiger partial charge in [0.2, 0.25) is 5.91 Å². The summed E-state index contributed by atoms with van der Waals surface area (Å²) in [7, 11) is 0. The summed E-state index contributed by atoms with van der Waals surface area (Å²) in [6.07, 6.45) is 8.69. The Morgan fingerprint density at radius 2 is 2.12 bits per heavy atom. The maximum atomic E-state index is 12.8. The molecule has 0 radical (unpaired) electrons. The van der Waals surface area contributed by atoms with Gasteiger partial charge in [-0.2, -0.15) is 0 Å². The molecule has 25 heavy (non-hydrogen) atoms. The van der Waals surface area contributed by atoms with Crippen LogP contribution in [0.4, 0.5) is 0 Å². The molecule has 0 aromatic carbocycles. The molecule has 0 spiro atoms. The minimum atomic E-state index is -0.0886. The first-order chi connectivity index (χ1) is 12.1. The zero-order valence-electron chi connectivity index (χ0n) is 15.0. The molecule has 2 atom stereocenters. The molecular weight excluding hydrogens is 350 g/mol. The zero-order valence-corrected chi connectivity index (χ0v) is 16.6. The van der Waals surface area contributed by atoms with Crippen LogP contribution in [0.1, 0.15) is 50.0 Å². The normalized spacial score (nSPS) is 22.0. The number of hydrogen-bond acceptors (Lipinski definition) is 5. The predicted octanol–water partition coefficient (Wildman–Crippen LogP) is 4.31. The Morgan fingerprint density at radius 3 is 2.92 bits per heavy atom. The number of thiophene rings is 1. The fourth-order valence-corrected chi connectivity index (χ4v) is 6.37. The molecule has 1 amide bonds. The number of nitrogens with zero attached hydrogens (tertiary/aromatic N) is 3. The number of fused-ring (bicyclic) bond motifs is 3. The number of piperidine rings is 1. The van der Waals surface area contributed by atoms with Gasteiger partial charge in [-0.3, -0.25) is 4.79 Å². The van der Waals surface area contributed by atoms with E-state index in [1.165, 1.54) is 28.7 Å². The molecule has 0 saturated carbocycles. The minimum absolute atomic E-state index is 0.0886. The van der Waals surface area contributed by atoms with Crippen molar-refractivity contribution in [3.63, 3.8) is 0 Å². The first-order valence-electron chi connectivity index (χ1n) is 9.34. The van der Waals surface area contributed by atoms with Gasteiger partial charge in [0.1, 0.15) is 16.2 Å². The van der Waals surface area contributed by atoms with Gasteiger partial charge in [-0.1, -0.05) is 18.7 Å². The average Bonchev–Trinajstić information content (AvgIpc) is 3.00. The van der Waals surface area contributed by atoms with Crippen molar-refractivity contribution in [3.05, 3.63) is 16.8 Å². The van der Waals surface area contributed by atoms with Crippen LogP contribution in [0.5, 0.6) is 0 Å². The number of aromatic nitrogens is 2. The van der Waals surface area contributed by atoms with Crippen molar-refractivity contribution >= 4 is 39.2 Å². The van der Waals surface area contributed by atoms with E-state index < -0.39 is 0 Å². The molecule has 1 aliphatic carbocycles. The molecule has 1 saturated heterocycles. The van der Waals surface area contributed by atoms with Crippen LogP contribution in [0.3, 0.4) is 0 Å². The molecule has 0 unspecified atom stereocenters. The average molecular weight is 376 g/mol. The Bertz CT molecular complexity index is 782. The van der Waals surface area contributed by atoms with E-state index >= 15 is 0 Å². The summed E-state index contributed by atoms with van der Waals surface area (Å²) in [6.45, 7) is 6.17. The molecule has 3 heterocycles. The fraction of sp³-hybridized carbons (Fsp3) is 0.632. The Kier molecular flexibility index (Phi) is 5.00. The third-order valence-corrected chi connectivity index (χ3v) is 7.61. The second kappa shape index (κ2) is 7.23. The topological polar surface area (TPSA) is 46.1 Å². The molecule has 6 heteroatoms. The highest BCUT2D eigenvalue weighted by molar-refractivity contribution is 8.00. The van der Waals surface area contributed by atoms with Crippen LogP contribution in [-0.2, 0) is 17.6 Å². The van der Waals surface area contributed by atoms with Crippen LogP contribution in [0.2, 0.25) is 0 Å². The Balaban J connectivity index is 1.60. The van der Waals surface area contributed by atoms with Gasteiger partial charge in [0, 0.05) is 23.4 Å². The lowest BCUT2D eigenvalue weighted by molar-refractivity contribution is -0.131. The third kappa shape index (κ3) is 3.43. The van der Waals surface area contributed by atoms with Crippen LogP contribution in [0.15, 0.2) is 11.4 Å². The Morgan fingerprint density at radius 1 is 1.32 bits per heavy atom. The molecule has 1 fully saturated rings. The summed E-state index contributed by atoms with van der Waals surface area (Å²) in [6, 6.07) is 0. The van der Waals surface area contributed by atoms with Crippen LogP contribution < -0.4 is 0 Å². The summed E-state index contributed by atoms with van der Waals surface area (Å²) < 4.78 is 0. The Hall–Kier alpha value is -1.14. The first kappa shape index (κ1) is 17.3. The van der Waals surface area contributed by atoms with Crippen molar-refractivity contribution in [2.75, 3.05) is 13.1 Å². The van der Waals surface area contributed by atoms with E-state index in [1.54, 1.807) is 18.1 Å². The minimum Gasteiger partial charge on any atom is -0.342 e. The molecule has 4 nitrogen and oxygen atoms in total. The van der Waals surface area contributed by atoms with E-state index in [9.17, 15) is 4.79 Å². The van der Waals surface area contributed by atoms with Gasteiger partial charge in [0.15, 0.2) is 0 Å². The monoisotopic (exact) mass is 375 g/mol. The maximum absolute atomic E-state index is 12.8. The molecule has 0 N–H and O–H groups in total. The third-order valence-electron chi connectivity index (χ3n) is 5.36. The van der Waals surface area contributed by atoms with Gasteiger partial charge < -0.3 is 4.90 Å². The van der Waals surface area contributed by atoms with Gasteiger partial charge in [-0.25, -0.2) is 9.97 Å². The van der Waals surface area contributed by atoms with Crippen LogP contribution >= 0.6 is 23.1 Å². The highest BCUT2D eigenvalue weighted by Gasteiger charge is 2.27. The highest BCUT2D eigenvalue weighted by atomic mass is 32.2. The van der Waals surface area contributed by atoms with Crippen molar-refractivity contribution in [2.24, 2.45) is 5.92 Å². The zero-order chi connectivity index (χ0) is 17.4. The largest absolute Gasteiger partial charge is 0.342 e. The molecule has 1 aliphatic heterocycles. The maximum Gasteiger partial charge on any atom is 0.235 e. The second-order valence-corrected chi connectivity index (χ2v) is 9.77. The van der Waals surface area contributed by atoms with Crippen LogP contribution in [0.25, 0.3) is 10.2 Å². The second-order valence-electron chi connectivity index (χ2n) is 7.36. The number of thioether (sulfide) groups is 1. The number of rotatable bonds is 3. The number of aryl methyl sites for hydroxylation is 1. The smallest absolute Gasteiger partial charge is 0.235 e. The number of carbonyl (C=O) groups is 1. The van der Waals surface area contributed by atoms with Crippen molar-refractivity contribution in [2.45, 2.75) is 62.6 Å². The molecule has 134 valence electrons. The van der Waals surface area contributed by atoms with E-state index in [0.717, 1.165) is 54.5 Å². The summed E-state index contributed by atoms with van der Waals surface area (Å²) in [5.74, 6) is 1.01. The van der Waals surface area contributed by atoms with Crippen molar-refractivity contribution < 1.29 is 4.79 Å². The van der Waals surface area contributed by atoms with Gasteiger partial charge >= 0.3 is 0 Å². The quantitative estimate of drug-likeness (QED) is 0.592. The standard InChI is InChI=1S/C19H25N3OS2/c1-12-6-7-14-15(10-12)25-18-16(14)17(20-11-21-18)24-13(2)19(23)22-8-4-3-5-9-22/h11-13H,3-10H2,1-2H3/t12-,13+/m1/s1.